The number of phenolic OH excluding ortho intramolecular Hbond substituents is 1. The van der Waals surface area contributed by atoms with Crippen molar-refractivity contribution in [1.29, 1.82) is 0 Å². The molecule has 39 heavy (non-hydrogen) atoms. The zero-order valence-electron chi connectivity index (χ0n) is 23.6. The number of piperazine rings is 1. The molecule has 3 fully saturated rings. The molecule has 5 rings (SSSR count). The number of rotatable bonds is 8. The van der Waals surface area contributed by atoms with Crippen LogP contribution in [-0.2, 0) is 9.53 Å². The van der Waals surface area contributed by atoms with Crippen molar-refractivity contribution in [3.63, 3.8) is 0 Å². The summed E-state index contributed by atoms with van der Waals surface area (Å²) >= 11 is 0. The number of amides is 1. The van der Waals surface area contributed by atoms with Gasteiger partial charge in [0.2, 0.25) is 0 Å². The molecule has 210 valence electrons. The fourth-order valence-corrected chi connectivity index (χ4v) is 6.34. The summed E-state index contributed by atoms with van der Waals surface area (Å²) in [4.78, 5) is 32.7. The number of carbonyl (C=O) groups is 2. The number of esters is 1. The maximum atomic E-state index is 13.6. The number of hydrogen-bond acceptors (Lipinski definition) is 6. The molecule has 2 heterocycles. The third-order valence-electron chi connectivity index (χ3n) is 8.72. The maximum Gasteiger partial charge on any atom is 0.309 e. The summed E-state index contributed by atoms with van der Waals surface area (Å²) in [5, 5.41) is 10.4. The van der Waals surface area contributed by atoms with Gasteiger partial charge in [-0.25, -0.2) is 0 Å². The molecule has 2 aromatic rings. The normalized spacial score (nSPS) is 23.9. The van der Waals surface area contributed by atoms with Crippen LogP contribution in [0.25, 0.3) is 0 Å². The van der Waals surface area contributed by atoms with E-state index in [2.05, 4.69) is 35.8 Å². The fraction of sp³-hybridized carbons (Fsp3) is 0.562. The van der Waals surface area contributed by atoms with Crippen LogP contribution < -0.4 is 0 Å². The van der Waals surface area contributed by atoms with Crippen LogP contribution in [0.15, 0.2) is 48.5 Å². The topological polar surface area (TPSA) is 73.3 Å². The van der Waals surface area contributed by atoms with Gasteiger partial charge in [0.15, 0.2) is 0 Å². The van der Waals surface area contributed by atoms with Gasteiger partial charge in [0.05, 0.1) is 18.6 Å². The largest absolute Gasteiger partial charge is 0.508 e. The lowest BCUT2D eigenvalue weighted by Crippen LogP contribution is -2.57. The molecule has 7 nitrogen and oxygen atoms in total. The molecule has 3 atom stereocenters. The summed E-state index contributed by atoms with van der Waals surface area (Å²) in [6, 6.07) is 16.2. The average molecular weight is 534 g/mol. The molecule has 1 amide bonds. The Balaban J connectivity index is 1.37. The molecule has 0 bridgehead atoms. The summed E-state index contributed by atoms with van der Waals surface area (Å²) in [5.41, 5.74) is 2.76. The minimum atomic E-state index is -0.152. The second-order valence-electron chi connectivity index (χ2n) is 11.7. The Morgan fingerprint density at radius 3 is 2.31 bits per heavy atom. The van der Waals surface area contributed by atoms with Crippen LogP contribution in [0, 0.1) is 11.8 Å². The standard InChI is InChI=1S/C32H43N3O4/c1-4-39-32(38)25-13-15-33(16-14-25)31(37)28-9-5-7-26(17-28)30(27-8-6-10-29(36)18-27)35-20-22(2)34(19-23(35)3)21-24-11-12-24/h5-10,17-18,22-25,30,36H,4,11-16,19-21H2,1-3H3. The van der Waals surface area contributed by atoms with Crippen LogP contribution in [0.5, 0.6) is 5.75 Å². The highest BCUT2D eigenvalue weighted by molar-refractivity contribution is 5.94. The highest BCUT2D eigenvalue weighted by Crippen LogP contribution is 2.37. The van der Waals surface area contributed by atoms with E-state index in [1.54, 1.807) is 6.07 Å². The molecule has 1 aliphatic carbocycles. The van der Waals surface area contributed by atoms with Gasteiger partial charge >= 0.3 is 5.97 Å². The summed E-state index contributed by atoms with van der Waals surface area (Å²) in [5.74, 6) is 0.837. The van der Waals surface area contributed by atoms with Crippen molar-refractivity contribution in [1.82, 2.24) is 14.7 Å². The van der Waals surface area contributed by atoms with E-state index in [1.165, 1.54) is 19.4 Å². The second-order valence-corrected chi connectivity index (χ2v) is 11.7. The number of hydrogen-bond donors (Lipinski definition) is 1. The lowest BCUT2D eigenvalue weighted by atomic mass is 9.92. The first-order chi connectivity index (χ1) is 18.8. The predicted octanol–water partition coefficient (Wildman–Crippen LogP) is 4.70. The van der Waals surface area contributed by atoms with Crippen molar-refractivity contribution >= 4 is 11.9 Å². The van der Waals surface area contributed by atoms with Crippen molar-refractivity contribution < 1.29 is 19.4 Å². The fourth-order valence-electron chi connectivity index (χ4n) is 6.34. The van der Waals surface area contributed by atoms with E-state index in [4.69, 9.17) is 4.74 Å². The van der Waals surface area contributed by atoms with Gasteiger partial charge < -0.3 is 14.7 Å². The van der Waals surface area contributed by atoms with Crippen LogP contribution in [-0.4, -0.2) is 83.1 Å². The molecule has 1 saturated carbocycles. The number of ether oxygens (including phenoxy) is 1. The molecule has 3 unspecified atom stereocenters. The van der Waals surface area contributed by atoms with Crippen LogP contribution >= 0.6 is 0 Å². The molecule has 2 aromatic carbocycles. The Bertz CT molecular complexity index is 1160. The van der Waals surface area contributed by atoms with E-state index >= 15 is 0 Å². The summed E-state index contributed by atoms with van der Waals surface area (Å²) < 4.78 is 5.19. The Morgan fingerprint density at radius 1 is 0.949 bits per heavy atom. The first-order valence-corrected chi connectivity index (χ1v) is 14.7. The van der Waals surface area contributed by atoms with E-state index in [0.29, 0.717) is 50.2 Å². The molecule has 2 aliphatic heterocycles. The minimum absolute atomic E-state index is 0.00415. The highest BCUT2D eigenvalue weighted by Gasteiger charge is 2.37. The lowest BCUT2D eigenvalue weighted by Gasteiger charge is -2.48. The number of benzene rings is 2. The van der Waals surface area contributed by atoms with Gasteiger partial charge in [0.1, 0.15) is 5.75 Å². The van der Waals surface area contributed by atoms with Gasteiger partial charge in [-0.15, -0.1) is 0 Å². The number of likely N-dealkylation sites (tertiary alicyclic amines) is 1. The van der Waals surface area contributed by atoms with Gasteiger partial charge in [0, 0.05) is 50.4 Å². The van der Waals surface area contributed by atoms with E-state index < -0.39 is 0 Å². The molecule has 7 heteroatoms. The summed E-state index contributed by atoms with van der Waals surface area (Å²) in [6.07, 6.45) is 3.98. The molecule has 2 saturated heterocycles. The molecular formula is C32H43N3O4. The minimum Gasteiger partial charge on any atom is -0.508 e. The quantitative estimate of drug-likeness (QED) is 0.496. The van der Waals surface area contributed by atoms with Crippen LogP contribution in [0.2, 0.25) is 0 Å². The Hall–Kier alpha value is -2.90. The zero-order valence-corrected chi connectivity index (χ0v) is 23.6. The second kappa shape index (κ2) is 12.1. The van der Waals surface area contributed by atoms with E-state index in [9.17, 15) is 14.7 Å². The number of piperidine rings is 1. The molecule has 0 aromatic heterocycles. The van der Waals surface area contributed by atoms with Crippen molar-refractivity contribution in [2.45, 2.75) is 64.6 Å². The van der Waals surface area contributed by atoms with Gasteiger partial charge in [-0.3, -0.25) is 19.4 Å². The van der Waals surface area contributed by atoms with Crippen LogP contribution in [0.3, 0.4) is 0 Å². The van der Waals surface area contributed by atoms with Gasteiger partial charge in [0.25, 0.3) is 5.91 Å². The van der Waals surface area contributed by atoms with Crippen molar-refractivity contribution in [2.24, 2.45) is 11.8 Å². The number of phenols is 1. The smallest absolute Gasteiger partial charge is 0.309 e. The Morgan fingerprint density at radius 2 is 1.64 bits per heavy atom. The predicted molar refractivity (Wildman–Crippen MR) is 152 cm³/mol. The third-order valence-corrected chi connectivity index (χ3v) is 8.72. The van der Waals surface area contributed by atoms with Crippen molar-refractivity contribution in [2.75, 3.05) is 39.3 Å². The molecule has 0 radical (unpaired) electrons. The van der Waals surface area contributed by atoms with Crippen molar-refractivity contribution in [3.05, 3.63) is 65.2 Å². The molecule has 0 spiro atoms. The Labute approximate surface area is 232 Å². The van der Waals surface area contributed by atoms with Gasteiger partial charge in [-0.2, -0.15) is 0 Å². The number of carbonyl (C=O) groups excluding carboxylic acids is 2. The first kappa shape index (κ1) is 27.7. The summed E-state index contributed by atoms with van der Waals surface area (Å²) in [6.45, 7) is 11.1. The third kappa shape index (κ3) is 6.47. The number of nitrogens with zero attached hydrogens (tertiary/aromatic N) is 3. The maximum absolute atomic E-state index is 13.6. The molecular weight excluding hydrogens is 490 g/mol. The lowest BCUT2D eigenvalue weighted by molar-refractivity contribution is -0.149. The molecule has 1 N–H and O–H groups in total. The van der Waals surface area contributed by atoms with E-state index in [-0.39, 0.29) is 29.6 Å². The van der Waals surface area contributed by atoms with E-state index in [0.717, 1.165) is 30.1 Å². The highest BCUT2D eigenvalue weighted by atomic mass is 16.5. The van der Waals surface area contributed by atoms with Gasteiger partial charge in [-0.05, 0) is 87.8 Å². The number of aromatic hydroxyl groups is 1. The molecule has 3 aliphatic rings. The SMILES string of the molecule is CCOC(=O)C1CCN(C(=O)c2cccc(C(c3cccc(O)c3)N3CC(C)N(CC4CC4)CC3C)c2)CC1. The monoisotopic (exact) mass is 533 g/mol. The van der Waals surface area contributed by atoms with Crippen LogP contribution in [0.1, 0.15) is 74.0 Å². The van der Waals surface area contributed by atoms with Gasteiger partial charge in [-0.1, -0.05) is 24.3 Å². The summed E-state index contributed by atoms with van der Waals surface area (Å²) in [7, 11) is 0. The van der Waals surface area contributed by atoms with Crippen LogP contribution in [0.4, 0.5) is 0 Å². The average Bonchev–Trinajstić information content (AvgIpc) is 3.76. The van der Waals surface area contributed by atoms with E-state index in [1.807, 2.05) is 42.2 Å². The van der Waals surface area contributed by atoms with Crippen molar-refractivity contribution in [3.8, 4) is 5.75 Å². The Kier molecular flexibility index (Phi) is 8.57. The first-order valence-electron chi connectivity index (χ1n) is 14.7. The zero-order chi connectivity index (χ0) is 27.5.